The number of anilines is 1. The SMILES string of the molecule is Cn1nnnc1N/N=C(\Br)c1ccccc1. The largest absolute Gasteiger partial charge is 0.263 e. The molecular weight excluding hydrogens is 272 g/mol. The van der Waals surface area contributed by atoms with Gasteiger partial charge in [-0.2, -0.15) is 5.10 Å². The summed E-state index contributed by atoms with van der Waals surface area (Å²) in [7, 11) is 1.73. The van der Waals surface area contributed by atoms with Crippen LogP contribution in [0.2, 0.25) is 0 Å². The van der Waals surface area contributed by atoms with Crippen molar-refractivity contribution in [3.05, 3.63) is 35.9 Å². The van der Waals surface area contributed by atoms with E-state index >= 15 is 0 Å². The maximum absolute atomic E-state index is 4.12. The molecule has 0 aliphatic carbocycles. The minimum Gasteiger partial charge on any atom is -0.243 e. The fourth-order valence-corrected chi connectivity index (χ4v) is 1.42. The van der Waals surface area contributed by atoms with Crippen LogP contribution in [0.5, 0.6) is 0 Å². The monoisotopic (exact) mass is 280 g/mol. The minimum absolute atomic E-state index is 0.480. The molecule has 7 heteroatoms. The number of hydrazone groups is 1. The lowest BCUT2D eigenvalue weighted by molar-refractivity contribution is 0.713. The van der Waals surface area contributed by atoms with Crippen molar-refractivity contribution >= 4 is 26.5 Å². The number of aromatic nitrogens is 4. The number of tetrazole rings is 1. The molecule has 1 heterocycles. The van der Waals surface area contributed by atoms with Gasteiger partial charge in [-0.1, -0.05) is 35.4 Å². The maximum atomic E-state index is 4.12. The van der Waals surface area contributed by atoms with Crippen LogP contribution in [0.3, 0.4) is 0 Å². The lowest BCUT2D eigenvalue weighted by atomic mass is 10.2. The molecule has 1 aromatic heterocycles. The van der Waals surface area contributed by atoms with Gasteiger partial charge >= 0.3 is 0 Å². The molecule has 1 N–H and O–H groups in total. The third-order valence-electron chi connectivity index (χ3n) is 1.89. The van der Waals surface area contributed by atoms with Gasteiger partial charge in [0.1, 0.15) is 4.62 Å². The molecule has 0 spiro atoms. The highest BCUT2D eigenvalue weighted by Crippen LogP contribution is 2.07. The fourth-order valence-electron chi connectivity index (χ4n) is 1.06. The summed E-state index contributed by atoms with van der Waals surface area (Å²) in [6.07, 6.45) is 0. The summed E-state index contributed by atoms with van der Waals surface area (Å²) in [6.45, 7) is 0. The normalized spacial score (nSPS) is 11.5. The quantitative estimate of drug-likeness (QED) is 0.681. The van der Waals surface area contributed by atoms with Crippen LogP contribution in [0, 0.1) is 0 Å². The molecule has 82 valence electrons. The highest BCUT2D eigenvalue weighted by Gasteiger charge is 2.01. The van der Waals surface area contributed by atoms with Gasteiger partial charge in [-0.15, -0.1) is 0 Å². The molecule has 0 fully saturated rings. The van der Waals surface area contributed by atoms with Gasteiger partial charge in [0.05, 0.1) is 0 Å². The van der Waals surface area contributed by atoms with E-state index in [9.17, 15) is 0 Å². The number of halogens is 1. The van der Waals surface area contributed by atoms with Crippen LogP contribution >= 0.6 is 15.9 Å². The lowest BCUT2D eigenvalue weighted by Crippen LogP contribution is -2.02. The molecule has 0 radical (unpaired) electrons. The molecule has 0 saturated heterocycles. The third kappa shape index (κ3) is 2.43. The summed E-state index contributed by atoms with van der Waals surface area (Å²) in [5, 5.41) is 15.0. The van der Waals surface area contributed by atoms with Gasteiger partial charge in [-0.3, -0.25) is 0 Å². The van der Waals surface area contributed by atoms with Crippen molar-refractivity contribution in [2.24, 2.45) is 12.1 Å². The Balaban J connectivity index is 2.12. The van der Waals surface area contributed by atoms with Gasteiger partial charge < -0.3 is 0 Å². The molecule has 0 aliphatic heterocycles. The van der Waals surface area contributed by atoms with Crippen LogP contribution < -0.4 is 5.43 Å². The van der Waals surface area contributed by atoms with E-state index in [4.69, 9.17) is 0 Å². The van der Waals surface area contributed by atoms with Crippen LogP contribution in [-0.4, -0.2) is 24.8 Å². The molecule has 0 unspecified atom stereocenters. The van der Waals surface area contributed by atoms with E-state index in [1.54, 1.807) is 7.05 Å². The van der Waals surface area contributed by atoms with Gasteiger partial charge in [0.15, 0.2) is 0 Å². The zero-order valence-electron chi connectivity index (χ0n) is 8.50. The Kier molecular flexibility index (Phi) is 3.25. The van der Waals surface area contributed by atoms with E-state index in [0.29, 0.717) is 10.6 Å². The van der Waals surface area contributed by atoms with Crippen molar-refractivity contribution in [3.8, 4) is 0 Å². The van der Waals surface area contributed by atoms with Crippen LogP contribution in [-0.2, 0) is 7.05 Å². The molecule has 16 heavy (non-hydrogen) atoms. The molecule has 0 aliphatic rings. The van der Waals surface area contributed by atoms with Crippen molar-refractivity contribution in [2.45, 2.75) is 0 Å². The minimum atomic E-state index is 0.480. The second kappa shape index (κ2) is 4.84. The first-order valence-corrected chi connectivity index (χ1v) is 5.33. The Morgan fingerprint density at radius 2 is 2.12 bits per heavy atom. The van der Waals surface area contributed by atoms with Gasteiger partial charge in [0, 0.05) is 12.6 Å². The Morgan fingerprint density at radius 1 is 1.38 bits per heavy atom. The standard InChI is InChI=1S/C9H9BrN6/c1-16-9(13-14-15-16)12-11-8(10)7-5-3-2-4-6-7/h2-6H,1H3,(H,12,13,15)/b11-8-. The van der Waals surface area contributed by atoms with E-state index in [1.807, 2.05) is 30.3 Å². The van der Waals surface area contributed by atoms with Crippen molar-refractivity contribution in [3.63, 3.8) is 0 Å². The number of benzene rings is 1. The topological polar surface area (TPSA) is 68.0 Å². The Labute approximate surface area is 100 Å². The molecule has 0 saturated carbocycles. The van der Waals surface area contributed by atoms with E-state index in [2.05, 4.69) is 42.0 Å². The number of aryl methyl sites for hydroxylation is 1. The summed E-state index contributed by atoms with van der Waals surface area (Å²) in [6, 6.07) is 9.73. The van der Waals surface area contributed by atoms with E-state index < -0.39 is 0 Å². The fraction of sp³-hybridized carbons (Fsp3) is 0.111. The zero-order chi connectivity index (χ0) is 11.4. The molecule has 1 aromatic carbocycles. The van der Waals surface area contributed by atoms with Gasteiger partial charge in [0.2, 0.25) is 0 Å². The van der Waals surface area contributed by atoms with Crippen molar-refractivity contribution in [1.82, 2.24) is 20.2 Å². The summed E-state index contributed by atoms with van der Waals surface area (Å²) in [4.78, 5) is 0. The third-order valence-corrected chi connectivity index (χ3v) is 2.52. The molecule has 0 amide bonds. The summed E-state index contributed by atoms with van der Waals surface area (Å²) >= 11 is 3.37. The van der Waals surface area contributed by atoms with Gasteiger partial charge in [-0.25, -0.2) is 10.1 Å². The predicted octanol–water partition coefficient (Wildman–Crippen LogP) is 1.38. The summed E-state index contributed by atoms with van der Waals surface area (Å²) in [5.74, 6) is 0.480. The second-order valence-corrected chi connectivity index (χ2v) is 3.76. The Bertz CT molecular complexity index is 492. The second-order valence-electron chi connectivity index (χ2n) is 3.01. The molecule has 0 bridgehead atoms. The molecule has 2 rings (SSSR count). The number of nitrogens with zero attached hydrogens (tertiary/aromatic N) is 5. The van der Waals surface area contributed by atoms with Crippen LogP contribution in [0.25, 0.3) is 0 Å². The smallest absolute Gasteiger partial charge is 0.243 e. The van der Waals surface area contributed by atoms with Gasteiger partial charge in [0.25, 0.3) is 5.95 Å². The average molecular weight is 281 g/mol. The predicted molar refractivity (Wildman–Crippen MR) is 64.3 cm³/mol. The maximum Gasteiger partial charge on any atom is 0.263 e. The van der Waals surface area contributed by atoms with E-state index in [-0.39, 0.29) is 0 Å². The van der Waals surface area contributed by atoms with E-state index in [0.717, 1.165) is 5.56 Å². The van der Waals surface area contributed by atoms with Crippen molar-refractivity contribution < 1.29 is 0 Å². The first-order chi connectivity index (χ1) is 7.77. The first kappa shape index (κ1) is 10.7. The van der Waals surface area contributed by atoms with Crippen molar-refractivity contribution in [2.75, 3.05) is 5.43 Å². The number of hydrogen-bond donors (Lipinski definition) is 1. The Morgan fingerprint density at radius 3 is 2.75 bits per heavy atom. The number of hydrogen-bond acceptors (Lipinski definition) is 5. The Hall–Kier alpha value is -1.76. The van der Waals surface area contributed by atoms with Gasteiger partial charge in [-0.05, 0) is 26.4 Å². The number of rotatable bonds is 3. The number of nitrogens with one attached hydrogen (secondary N) is 1. The molecule has 2 aromatic rings. The first-order valence-electron chi connectivity index (χ1n) is 4.54. The summed E-state index contributed by atoms with van der Waals surface area (Å²) < 4.78 is 2.19. The lowest BCUT2D eigenvalue weighted by Gasteiger charge is -1.99. The molecular formula is C9H9BrN6. The molecule has 6 nitrogen and oxygen atoms in total. The van der Waals surface area contributed by atoms with Crippen LogP contribution in [0.1, 0.15) is 5.56 Å². The highest BCUT2D eigenvalue weighted by atomic mass is 79.9. The summed E-state index contributed by atoms with van der Waals surface area (Å²) in [5.41, 5.74) is 3.74. The average Bonchev–Trinajstić information content (AvgIpc) is 2.73. The van der Waals surface area contributed by atoms with Crippen LogP contribution in [0.15, 0.2) is 35.4 Å². The van der Waals surface area contributed by atoms with Crippen LogP contribution in [0.4, 0.5) is 5.95 Å². The zero-order valence-corrected chi connectivity index (χ0v) is 10.1. The molecule has 0 atom stereocenters. The van der Waals surface area contributed by atoms with E-state index in [1.165, 1.54) is 4.68 Å². The highest BCUT2D eigenvalue weighted by molar-refractivity contribution is 9.18. The van der Waals surface area contributed by atoms with Crippen molar-refractivity contribution in [1.29, 1.82) is 0 Å².